The van der Waals surface area contributed by atoms with E-state index in [2.05, 4.69) is 0 Å². The molecule has 17 heavy (non-hydrogen) atoms. The van der Waals surface area contributed by atoms with Gasteiger partial charge >= 0.3 is 0 Å². The molecule has 0 amide bonds. The number of hydrogen-bond donors (Lipinski definition) is 2. The van der Waals surface area contributed by atoms with Crippen LogP contribution in [0.3, 0.4) is 0 Å². The fourth-order valence-corrected chi connectivity index (χ4v) is 3.41. The van der Waals surface area contributed by atoms with E-state index in [4.69, 9.17) is 5.11 Å². The minimum atomic E-state index is -1.26. The van der Waals surface area contributed by atoms with Gasteiger partial charge in [0.15, 0.2) is 0 Å². The smallest absolute Gasteiger partial charge is 0.127 e. The van der Waals surface area contributed by atoms with Crippen LogP contribution < -0.4 is 0 Å². The van der Waals surface area contributed by atoms with E-state index < -0.39 is 16.6 Å². The van der Waals surface area contributed by atoms with Gasteiger partial charge in [0.05, 0.1) is 11.5 Å². The number of aryl methyl sites for hydroxylation is 1. The summed E-state index contributed by atoms with van der Waals surface area (Å²) in [6.07, 6.45) is 0.459. The predicted molar refractivity (Wildman–Crippen MR) is 65.8 cm³/mol. The topological polar surface area (TPSA) is 60.8 Å². The minimum absolute atomic E-state index is 0.254. The third-order valence-electron chi connectivity index (χ3n) is 3.11. The van der Waals surface area contributed by atoms with E-state index in [-0.39, 0.29) is 13.2 Å². The SMILES string of the molecule is Cc1ccccc1S(=O)N1CCC(O)(CO)C1. The Labute approximate surface area is 103 Å². The van der Waals surface area contributed by atoms with E-state index in [1.165, 1.54) is 0 Å². The molecule has 1 aliphatic rings. The standard InChI is InChI=1S/C12H17NO3S/c1-10-4-2-3-5-11(10)17(16)13-7-6-12(15,8-13)9-14/h2-5,14-15H,6-9H2,1H3. The second-order valence-electron chi connectivity index (χ2n) is 4.51. The molecule has 1 aromatic carbocycles. The van der Waals surface area contributed by atoms with Gasteiger partial charge in [-0.2, -0.15) is 0 Å². The van der Waals surface area contributed by atoms with Crippen molar-refractivity contribution in [3.63, 3.8) is 0 Å². The van der Waals surface area contributed by atoms with Gasteiger partial charge in [0, 0.05) is 13.1 Å². The summed E-state index contributed by atoms with van der Waals surface area (Å²) in [6.45, 7) is 2.43. The molecule has 1 heterocycles. The number of benzene rings is 1. The lowest BCUT2D eigenvalue weighted by Crippen LogP contribution is -2.37. The molecule has 0 aliphatic carbocycles. The van der Waals surface area contributed by atoms with Gasteiger partial charge in [-0.3, -0.25) is 0 Å². The van der Waals surface area contributed by atoms with Crippen molar-refractivity contribution >= 4 is 11.0 Å². The lowest BCUT2D eigenvalue weighted by atomic mass is 10.1. The van der Waals surface area contributed by atoms with Crippen LogP contribution in [0.5, 0.6) is 0 Å². The third-order valence-corrected chi connectivity index (χ3v) is 4.72. The van der Waals surface area contributed by atoms with Crippen molar-refractivity contribution < 1.29 is 14.4 Å². The van der Waals surface area contributed by atoms with Crippen LogP contribution in [0.25, 0.3) is 0 Å². The molecule has 2 unspecified atom stereocenters. The molecular formula is C12H17NO3S. The quantitative estimate of drug-likeness (QED) is 0.824. The zero-order chi connectivity index (χ0) is 12.5. The molecule has 2 N–H and O–H groups in total. The third kappa shape index (κ3) is 2.57. The molecule has 1 fully saturated rings. The van der Waals surface area contributed by atoms with Crippen molar-refractivity contribution in [1.82, 2.24) is 4.31 Å². The molecule has 5 heteroatoms. The monoisotopic (exact) mass is 255 g/mol. The minimum Gasteiger partial charge on any atom is -0.393 e. The number of aliphatic hydroxyl groups is 2. The van der Waals surface area contributed by atoms with Crippen LogP contribution in [0.15, 0.2) is 29.2 Å². The van der Waals surface area contributed by atoms with Crippen LogP contribution >= 0.6 is 0 Å². The molecule has 0 saturated carbocycles. The number of β-amino-alcohol motifs (C(OH)–C–C–N with tert-alkyl or cyclic N) is 1. The second kappa shape index (κ2) is 4.86. The maximum Gasteiger partial charge on any atom is 0.127 e. The highest BCUT2D eigenvalue weighted by atomic mass is 32.2. The Balaban J connectivity index is 2.15. The van der Waals surface area contributed by atoms with E-state index in [0.29, 0.717) is 13.0 Å². The van der Waals surface area contributed by atoms with E-state index >= 15 is 0 Å². The van der Waals surface area contributed by atoms with Crippen molar-refractivity contribution in [2.24, 2.45) is 0 Å². The highest BCUT2D eigenvalue weighted by Gasteiger charge is 2.38. The van der Waals surface area contributed by atoms with Gasteiger partial charge in [0.1, 0.15) is 16.6 Å². The average Bonchev–Trinajstić information content (AvgIpc) is 2.73. The Morgan fingerprint density at radius 1 is 1.47 bits per heavy atom. The van der Waals surface area contributed by atoms with E-state index in [1.54, 1.807) is 4.31 Å². The summed E-state index contributed by atoms with van der Waals surface area (Å²) < 4.78 is 14.0. The fourth-order valence-electron chi connectivity index (χ4n) is 1.98. The van der Waals surface area contributed by atoms with Crippen molar-refractivity contribution in [1.29, 1.82) is 0 Å². The summed E-state index contributed by atoms with van der Waals surface area (Å²) in [7, 11) is -1.26. The lowest BCUT2D eigenvalue weighted by Gasteiger charge is -2.20. The Morgan fingerprint density at radius 2 is 2.18 bits per heavy atom. The first-order chi connectivity index (χ1) is 8.06. The van der Waals surface area contributed by atoms with Crippen LogP contribution in [0.4, 0.5) is 0 Å². The molecule has 0 radical (unpaired) electrons. The Bertz CT molecular complexity index is 438. The fraction of sp³-hybridized carbons (Fsp3) is 0.500. The first-order valence-corrected chi connectivity index (χ1v) is 6.72. The molecule has 2 rings (SSSR count). The molecule has 1 aromatic rings. The molecule has 4 nitrogen and oxygen atoms in total. The van der Waals surface area contributed by atoms with Crippen molar-refractivity contribution in [3.8, 4) is 0 Å². The molecule has 0 bridgehead atoms. The number of hydrogen-bond acceptors (Lipinski definition) is 3. The summed E-state index contributed by atoms with van der Waals surface area (Å²) in [5, 5.41) is 19.0. The molecule has 0 spiro atoms. The van der Waals surface area contributed by atoms with Gasteiger partial charge < -0.3 is 10.2 Å². The van der Waals surface area contributed by atoms with Crippen LogP contribution in [-0.2, 0) is 11.0 Å². The zero-order valence-corrected chi connectivity index (χ0v) is 10.6. The van der Waals surface area contributed by atoms with Gasteiger partial charge in [0.2, 0.25) is 0 Å². The first-order valence-electron chi connectivity index (χ1n) is 5.61. The maximum absolute atomic E-state index is 12.3. The van der Waals surface area contributed by atoms with Crippen molar-refractivity contribution in [3.05, 3.63) is 29.8 Å². The summed E-state index contributed by atoms with van der Waals surface area (Å²) in [5.41, 5.74) is -0.122. The summed E-state index contributed by atoms with van der Waals surface area (Å²) in [4.78, 5) is 0.773. The number of nitrogens with zero attached hydrogens (tertiary/aromatic N) is 1. The van der Waals surface area contributed by atoms with Gasteiger partial charge in [-0.05, 0) is 25.0 Å². The van der Waals surface area contributed by atoms with Crippen molar-refractivity contribution in [2.45, 2.75) is 23.8 Å². The van der Waals surface area contributed by atoms with Crippen LogP contribution in [0.1, 0.15) is 12.0 Å². The normalized spacial score (nSPS) is 27.2. The first kappa shape index (κ1) is 12.7. The van der Waals surface area contributed by atoms with E-state index in [1.807, 2.05) is 31.2 Å². The van der Waals surface area contributed by atoms with Crippen molar-refractivity contribution in [2.75, 3.05) is 19.7 Å². The van der Waals surface area contributed by atoms with E-state index in [0.717, 1.165) is 10.5 Å². The largest absolute Gasteiger partial charge is 0.393 e. The van der Waals surface area contributed by atoms with Gasteiger partial charge in [-0.15, -0.1) is 0 Å². The Kier molecular flexibility index (Phi) is 3.63. The second-order valence-corrected chi connectivity index (χ2v) is 5.97. The van der Waals surface area contributed by atoms with E-state index in [9.17, 15) is 9.32 Å². The highest BCUT2D eigenvalue weighted by Crippen LogP contribution is 2.25. The highest BCUT2D eigenvalue weighted by molar-refractivity contribution is 7.82. The van der Waals surface area contributed by atoms with Crippen LogP contribution in [0, 0.1) is 6.92 Å². The maximum atomic E-state index is 12.3. The summed E-state index contributed by atoms with van der Waals surface area (Å²) in [6, 6.07) is 7.52. The number of aliphatic hydroxyl groups excluding tert-OH is 1. The zero-order valence-electron chi connectivity index (χ0n) is 9.80. The Morgan fingerprint density at radius 3 is 2.76 bits per heavy atom. The predicted octanol–water partition coefficient (Wildman–Crippen LogP) is 0.447. The molecule has 0 aromatic heterocycles. The van der Waals surface area contributed by atoms with Crippen LogP contribution in [0.2, 0.25) is 0 Å². The summed E-state index contributed by atoms with van der Waals surface area (Å²) in [5.74, 6) is 0. The summed E-state index contributed by atoms with van der Waals surface area (Å²) >= 11 is 0. The molecular weight excluding hydrogens is 238 g/mol. The van der Waals surface area contributed by atoms with Gasteiger partial charge in [-0.25, -0.2) is 8.51 Å². The molecule has 2 atom stereocenters. The lowest BCUT2D eigenvalue weighted by molar-refractivity contribution is -0.000504. The molecule has 1 saturated heterocycles. The molecule has 94 valence electrons. The number of rotatable bonds is 3. The average molecular weight is 255 g/mol. The van der Waals surface area contributed by atoms with Gasteiger partial charge in [0.25, 0.3) is 0 Å². The molecule has 1 aliphatic heterocycles. The van der Waals surface area contributed by atoms with Gasteiger partial charge in [-0.1, -0.05) is 18.2 Å². The van der Waals surface area contributed by atoms with Crippen LogP contribution in [-0.4, -0.2) is 44.0 Å². The Hall–Kier alpha value is -0.750.